The van der Waals surface area contributed by atoms with Gasteiger partial charge in [0, 0.05) is 23.8 Å². The van der Waals surface area contributed by atoms with Crippen LogP contribution >= 0.6 is 0 Å². The van der Waals surface area contributed by atoms with Crippen LogP contribution < -0.4 is 16.0 Å². The van der Waals surface area contributed by atoms with Gasteiger partial charge in [-0.3, -0.25) is 4.79 Å². The van der Waals surface area contributed by atoms with Gasteiger partial charge in [0.1, 0.15) is 0 Å². The van der Waals surface area contributed by atoms with Crippen molar-refractivity contribution >= 4 is 29.3 Å². The summed E-state index contributed by atoms with van der Waals surface area (Å²) in [5.74, 6) is -1.21. The Kier molecular flexibility index (Phi) is 5.71. The number of carboxylic acid groups (broad SMARTS) is 1. The standard InChI is InChI=1S/C20H21N3O4/c24-18(12-5-13-3-1-2-4-17(13)19(25)26)21-14-6-8-15(9-7-14)22-20(27)23-16-10-11-16/h1-4,6-9,16H,5,10-12H2,(H,21,24)(H,25,26)(H2,22,23,27). The Morgan fingerprint density at radius 3 is 2.19 bits per heavy atom. The van der Waals surface area contributed by atoms with Gasteiger partial charge >= 0.3 is 12.0 Å². The SMILES string of the molecule is O=C(CCc1ccccc1C(=O)O)Nc1ccc(NC(=O)NC2CC2)cc1. The van der Waals surface area contributed by atoms with E-state index in [2.05, 4.69) is 16.0 Å². The fourth-order valence-electron chi connectivity index (χ4n) is 2.64. The molecule has 0 bridgehead atoms. The molecular formula is C20H21N3O4. The van der Waals surface area contributed by atoms with Crippen LogP contribution in [0.15, 0.2) is 48.5 Å². The first-order valence-electron chi connectivity index (χ1n) is 8.80. The molecule has 2 aromatic carbocycles. The molecule has 0 aromatic heterocycles. The normalized spacial score (nSPS) is 12.9. The minimum absolute atomic E-state index is 0.175. The molecule has 0 spiro atoms. The van der Waals surface area contributed by atoms with Gasteiger partial charge < -0.3 is 21.1 Å². The van der Waals surface area contributed by atoms with Gasteiger partial charge in [0.25, 0.3) is 0 Å². The van der Waals surface area contributed by atoms with Crippen molar-refractivity contribution in [3.8, 4) is 0 Å². The molecule has 1 aliphatic rings. The predicted molar refractivity (Wildman–Crippen MR) is 102 cm³/mol. The molecule has 3 rings (SSSR count). The summed E-state index contributed by atoms with van der Waals surface area (Å²) in [4.78, 5) is 35.0. The second kappa shape index (κ2) is 8.35. The van der Waals surface area contributed by atoms with Gasteiger partial charge in [-0.15, -0.1) is 0 Å². The Balaban J connectivity index is 1.49. The molecule has 1 aliphatic carbocycles. The van der Waals surface area contributed by atoms with Crippen molar-refractivity contribution in [2.24, 2.45) is 0 Å². The number of urea groups is 1. The Labute approximate surface area is 156 Å². The van der Waals surface area contributed by atoms with Gasteiger partial charge in [-0.1, -0.05) is 18.2 Å². The van der Waals surface area contributed by atoms with E-state index in [4.69, 9.17) is 0 Å². The molecule has 0 aliphatic heterocycles. The van der Waals surface area contributed by atoms with Crippen LogP contribution in [0, 0.1) is 0 Å². The first-order chi connectivity index (χ1) is 13.0. The summed E-state index contributed by atoms with van der Waals surface area (Å²) in [5, 5.41) is 17.5. The zero-order chi connectivity index (χ0) is 19.2. The van der Waals surface area contributed by atoms with E-state index >= 15 is 0 Å². The zero-order valence-corrected chi connectivity index (χ0v) is 14.7. The van der Waals surface area contributed by atoms with Crippen molar-refractivity contribution in [1.82, 2.24) is 5.32 Å². The maximum atomic E-state index is 12.1. The van der Waals surface area contributed by atoms with Crippen LogP contribution in [0.5, 0.6) is 0 Å². The number of hydrogen-bond donors (Lipinski definition) is 4. The minimum Gasteiger partial charge on any atom is -0.478 e. The van der Waals surface area contributed by atoms with E-state index in [9.17, 15) is 19.5 Å². The van der Waals surface area contributed by atoms with E-state index < -0.39 is 5.97 Å². The van der Waals surface area contributed by atoms with Crippen LogP contribution in [-0.2, 0) is 11.2 Å². The molecule has 0 unspecified atom stereocenters. The van der Waals surface area contributed by atoms with Crippen molar-refractivity contribution in [2.75, 3.05) is 10.6 Å². The second-order valence-electron chi connectivity index (χ2n) is 6.46. The van der Waals surface area contributed by atoms with E-state index in [1.807, 2.05) is 0 Å². The summed E-state index contributed by atoms with van der Waals surface area (Å²) in [7, 11) is 0. The maximum absolute atomic E-state index is 12.1. The summed E-state index contributed by atoms with van der Waals surface area (Å²) in [6.45, 7) is 0. The van der Waals surface area contributed by atoms with Crippen molar-refractivity contribution in [3.63, 3.8) is 0 Å². The number of benzene rings is 2. The van der Waals surface area contributed by atoms with Crippen LogP contribution in [0.25, 0.3) is 0 Å². The van der Waals surface area contributed by atoms with Crippen molar-refractivity contribution in [1.29, 1.82) is 0 Å². The third kappa shape index (κ3) is 5.57. The highest BCUT2D eigenvalue weighted by Crippen LogP contribution is 2.19. The smallest absolute Gasteiger partial charge is 0.335 e. The average Bonchev–Trinajstić information content (AvgIpc) is 3.45. The molecule has 140 valence electrons. The average molecular weight is 367 g/mol. The first kappa shape index (κ1) is 18.4. The number of rotatable bonds is 7. The number of nitrogens with one attached hydrogen (secondary N) is 3. The molecular weight excluding hydrogens is 346 g/mol. The Morgan fingerprint density at radius 2 is 1.56 bits per heavy atom. The van der Waals surface area contributed by atoms with E-state index in [1.165, 1.54) is 6.07 Å². The second-order valence-corrected chi connectivity index (χ2v) is 6.46. The van der Waals surface area contributed by atoms with Crippen LogP contribution in [0.4, 0.5) is 16.2 Å². The van der Waals surface area contributed by atoms with Crippen LogP contribution in [-0.4, -0.2) is 29.1 Å². The van der Waals surface area contributed by atoms with Crippen LogP contribution in [0.3, 0.4) is 0 Å². The predicted octanol–water partition coefficient (Wildman–Crippen LogP) is 3.24. The van der Waals surface area contributed by atoms with Gasteiger partial charge in [-0.2, -0.15) is 0 Å². The van der Waals surface area contributed by atoms with E-state index in [1.54, 1.807) is 42.5 Å². The minimum atomic E-state index is -1.00. The molecule has 0 saturated heterocycles. The monoisotopic (exact) mass is 367 g/mol. The first-order valence-corrected chi connectivity index (χ1v) is 8.80. The Morgan fingerprint density at radius 1 is 0.926 bits per heavy atom. The lowest BCUT2D eigenvalue weighted by molar-refractivity contribution is -0.116. The van der Waals surface area contributed by atoms with Gasteiger partial charge in [-0.05, 0) is 55.2 Å². The molecule has 2 aromatic rings. The number of carbonyl (C=O) groups excluding carboxylic acids is 2. The molecule has 7 nitrogen and oxygen atoms in total. The number of amides is 3. The number of aryl methyl sites for hydroxylation is 1. The van der Waals surface area contributed by atoms with E-state index in [0.29, 0.717) is 23.4 Å². The highest BCUT2D eigenvalue weighted by Gasteiger charge is 2.23. The van der Waals surface area contributed by atoms with Gasteiger partial charge in [0.2, 0.25) is 5.91 Å². The largest absolute Gasteiger partial charge is 0.478 e. The lowest BCUT2D eigenvalue weighted by atomic mass is 10.0. The fraction of sp³-hybridized carbons (Fsp3) is 0.250. The highest BCUT2D eigenvalue weighted by molar-refractivity contribution is 5.93. The summed E-state index contributed by atoms with van der Waals surface area (Å²) >= 11 is 0. The summed E-state index contributed by atoms with van der Waals surface area (Å²) in [6, 6.07) is 13.5. The van der Waals surface area contributed by atoms with Crippen molar-refractivity contribution in [3.05, 3.63) is 59.7 Å². The number of carbonyl (C=O) groups is 3. The number of anilines is 2. The highest BCUT2D eigenvalue weighted by atomic mass is 16.4. The van der Waals surface area contributed by atoms with E-state index in [0.717, 1.165) is 12.8 Å². The fourth-order valence-corrected chi connectivity index (χ4v) is 2.64. The Bertz CT molecular complexity index is 845. The zero-order valence-electron chi connectivity index (χ0n) is 14.7. The molecule has 1 fully saturated rings. The maximum Gasteiger partial charge on any atom is 0.335 e. The molecule has 27 heavy (non-hydrogen) atoms. The molecule has 1 saturated carbocycles. The van der Waals surface area contributed by atoms with Gasteiger partial charge in [0.15, 0.2) is 0 Å². The van der Waals surface area contributed by atoms with Crippen LogP contribution in [0.1, 0.15) is 35.2 Å². The molecule has 0 radical (unpaired) electrons. The number of carboxylic acids is 1. The lowest BCUT2D eigenvalue weighted by Crippen LogP contribution is -2.30. The molecule has 7 heteroatoms. The summed E-state index contributed by atoms with van der Waals surface area (Å²) in [6.07, 6.45) is 2.56. The number of hydrogen-bond acceptors (Lipinski definition) is 3. The third-order valence-corrected chi connectivity index (χ3v) is 4.21. The van der Waals surface area contributed by atoms with Crippen LogP contribution in [0.2, 0.25) is 0 Å². The molecule has 0 atom stereocenters. The van der Waals surface area contributed by atoms with Crippen molar-refractivity contribution < 1.29 is 19.5 Å². The molecule has 4 N–H and O–H groups in total. The molecule has 0 heterocycles. The topological polar surface area (TPSA) is 108 Å². The van der Waals surface area contributed by atoms with E-state index in [-0.39, 0.29) is 30.0 Å². The summed E-state index contributed by atoms with van der Waals surface area (Å²) in [5.41, 5.74) is 2.09. The van der Waals surface area contributed by atoms with Crippen molar-refractivity contribution in [2.45, 2.75) is 31.7 Å². The van der Waals surface area contributed by atoms with Gasteiger partial charge in [0.05, 0.1) is 5.56 Å². The Hall–Kier alpha value is -3.35. The summed E-state index contributed by atoms with van der Waals surface area (Å²) < 4.78 is 0. The lowest BCUT2D eigenvalue weighted by Gasteiger charge is -2.09. The quantitative estimate of drug-likeness (QED) is 0.602. The van der Waals surface area contributed by atoms with Gasteiger partial charge in [-0.25, -0.2) is 9.59 Å². The molecule has 3 amide bonds. The third-order valence-electron chi connectivity index (χ3n) is 4.21. The number of aromatic carboxylic acids is 1.